The number of benzene rings is 1. The van der Waals surface area contributed by atoms with Crippen LogP contribution in [0.3, 0.4) is 0 Å². The number of nitrogens with zero attached hydrogens (tertiary/aromatic N) is 1. The van der Waals surface area contributed by atoms with Crippen molar-refractivity contribution in [3.05, 3.63) is 30.1 Å². The van der Waals surface area contributed by atoms with Gasteiger partial charge in [-0.1, -0.05) is 12.1 Å². The molecule has 1 saturated heterocycles. The molecule has 1 fully saturated rings. The Kier molecular flexibility index (Phi) is 3.58. The highest BCUT2D eigenvalue weighted by atomic mass is 19.1. The van der Waals surface area contributed by atoms with Crippen molar-refractivity contribution in [1.82, 2.24) is 4.90 Å². The second-order valence-electron chi connectivity index (χ2n) is 4.08. The number of aliphatic hydroxyl groups is 1. The molecule has 1 aliphatic heterocycles. The van der Waals surface area contributed by atoms with E-state index in [1.165, 1.54) is 12.1 Å². The van der Waals surface area contributed by atoms with E-state index in [-0.39, 0.29) is 24.4 Å². The summed E-state index contributed by atoms with van der Waals surface area (Å²) >= 11 is 0. The monoisotopic (exact) mass is 238 g/mol. The van der Waals surface area contributed by atoms with Gasteiger partial charge in [-0.25, -0.2) is 9.18 Å². The maximum absolute atomic E-state index is 13.3. The first kappa shape index (κ1) is 11.9. The zero-order valence-electron chi connectivity index (χ0n) is 9.40. The van der Waals surface area contributed by atoms with Crippen molar-refractivity contribution in [1.29, 1.82) is 0 Å². The van der Waals surface area contributed by atoms with Crippen LogP contribution in [-0.2, 0) is 0 Å². The molecule has 0 aliphatic carbocycles. The topological polar surface area (TPSA) is 52.6 Å². The van der Waals surface area contributed by atoms with Crippen LogP contribution in [0.2, 0.25) is 0 Å². The number of para-hydroxylation sites is 1. The molecule has 1 aliphatic rings. The standard InChI is InChI=1S/C12H15FN2O2/c13-10-5-1-2-6-11(10)14-12(17)15-7-3-4-9(15)8-16/h1-2,5-6,9,16H,3-4,7-8H2,(H,14,17). The lowest BCUT2D eigenvalue weighted by atomic mass is 10.2. The Labute approximate surface area is 99.0 Å². The van der Waals surface area contributed by atoms with Crippen LogP contribution in [0.4, 0.5) is 14.9 Å². The molecule has 4 nitrogen and oxygen atoms in total. The van der Waals surface area contributed by atoms with Crippen molar-refractivity contribution in [2.45, 2.75) is 18.9 Å². The minimum Gasteiger partial charge on any atom is -0.394 e. The van der Waals surface area contributed by atoms with E-state index in [1.807, 2.05) is 0 Å². The highest BCUT2D eigenvalue weighted by Crippen LogP contribution is 2.19. The zero-order chi connectivity index (χ0) is 12.3. The molecule has 2 rings (SSSR count). The first-order valence-corrected chi connectivity index (χ1v) is 5.65. The molecule has 1 heterocycles. The summed E-state index contributed by atoms with van der Waals surface area (Å²) in [5.74, 6) is -0.458. The fourth-order valence-electron chi connectivity index (χ4n) is 2.04. The van der Waals surface area contributed by atoms with Gasteiger partial charge in [0.15, 0.2) is 0 Å². The number of urea groups is 1. The third-order valence-electron chi connectivity index (χ3n) is 2.96. The Bertz CT molecular complexity index is 411. The Morgan fingerprint density at radius 2 is 2.29 bits per heavy atom. The number of carbonyl (C=O) groups is 1. The SMILES string of the molecule is O=C(Nc1ccccc1F)N1CCCC1CO. The van der Waals surface area contributed by atoms with E-state index in [0.29, 0.717) is 6.54 Å². The van der Waals surface area contributed by atoms with Gasteiger partial charge in [-0.05, 0) is 25.0 Å². The molecule has 0 bridgehead atoms. The maximum Gasteiger partial charge on any atom is 0.322 e. The molecule has 17 heavy (non-hydrogen) atoms. The normalized spacial score (nSPS) is 19.4. The predicted octanol–water partition coefficient (Wildman–Crippen LogP) is 1.81. The molecule has 1 aromatic rings. The Morgan fingerprint density at radius 1 is 1.53 bits per heavy atom. The summed E-state index contributed by atoms with van der Waals surface area (Å²) in [7, 11) is 0. The third-order valence-corrected chi connectivity index (χ3v) is 2.96. The number of anilines is 1. The van der Waals surface area contributed by atoms with Gasteiger partial charge < -0.3 is 15.3 Å². The number of likely N-dealkylation sites (tertiary alicyclic amines) is 1. The number of aliphatic hydroxyl groups excluding tert-OH is 1. The summed E-state index contributed by atoms with van der Waals surface area (Å²) in [5, 5.41) is 11.6. The van der Waals surface area contributed by atoms with Crippen molar-refractivity contribution in [3.8, 4) is 0 Å². The van der Waals surface area contributed by atoms with Crippen LogP contribution in [0.1, 0.15) is 12.8 Å². The van der Waals surface area contributed by atoms with Crippen LogP contribution in [0.25, 0.3) is 0 Å². The molecule has 2 N–H and O–H groups in total. The quantitative estimate of drug-likeness (QED) is 0.825. The molecule has 5 heteroatoms. The van der Waals surface area contributed by atoms with Gasteiger partial charge in [0.2, 0.25) is 0 Å². The van der Waals surface area contributed by atoms with E-state index in [1.54, 1.807) is 17.0 Å². The highest BCUT2D eigenvalue weighted by molar-refractivity contribution is 5.89. The predicted molar refractivity (Wildman–Crippen MR) is 62.2 cm³/mol. The number of nitrogens with one attached hydrogen (secondary N) is 1. The lowest BCUT2D eigenvalue weighted by Gasteiger charge is -2.23. The van der Waals surface area contributed by atoms with E-state index < -0.39 is 5.82 Å². The van der Waals surface area contributed by atoms with Crippen LogP contribution in [0.5, 0.6) is 0 Å². The van der Waals surface area contributed by atoms with Gasteiger partial charge in [-0.2, -0.15) is 0 Å². The van der Waals surface area contributed by atoms with Crippen molar-refractivity contribution in [2.75, 3.05) is 18.5 Å². The van der Waals surface area contributed by atoms with E-state index in [4.69, 9.17) is 5.11 Å². The lowest BCUT2D eigenvalue weighted by Crippen LogP contribution is -2.40. The number of rotatable bonds is 2. The average molecular weight is 238 g/mol. The van der Waals surface area contributed by atoms with Crippen molar-refractivity contribution in [2.24, 2.45) is 0 Å². The van der Waals surface area contributed by atoms with Gasteiger partial charge in [-0.3, -0.25) is 0 Å². The van der Waals surface area contributed by atoms with Crippen molar-refractivity contribution < 1.29 is 14.3 Å². The van der Waals surface area contributed by atoms with Gasteiger partial charge in [0, 0.05) is 6.54 Å². The molecule has 1 unspecified atom stereocenters. The third kappa shape index (κ3) is 2.55. The van der Waals surface area contributed by atoms with E-state index >= 15 is 0 Å². The summed E-state index contributed by atoms with van der Waals surface area (Å²) < 4.78 is 13.3. The zero-order valence-corrected chi connectivity index (χ0v) is 9.40. The highest BCUT2D eigenvalue weighted by Gasteiger charge is 2.28. The molecule has 92 valence electrons. The molecule has 0 aromatic heterocycles. The summed E-state index contributed by atoms with van der Waals surface area (Å²) in [5.41, 5.74) is 0.168. The smallest absolute Gasteiger partial charge is 0.322 e. The summed E-state index contributed by atoms with van der Waals surface area (Å²) in [4.78, 5) is 13.4. The van der Waals surface area contributed by atoms with Gasteiger partial charge in [0.1, 0.15) is 5.82 Å². The number of carbonyl (C=O) groups excluding carboxylic acids is 1. The van der Waals surface area contributed by atoms with Crippen LogP contribution >= 0.6 is 0 Å². The summed E-state index contributed by atoms with van der Waals surface area (Å²) in [6.07, 6.45) is 1.66. The minimum atomic E-state index is -0.458. The molecule has 1 atom stereocenters. The minimum absolute atomic E-state index is 0.0509. The second kappa shape index (κ2) is 5.14. The van der Waals surface area contributed by atoms with E-state index in [2.05, 4.69) is 5.32 Å². The number of halogens is 1. The van der Waals surface area contributed by atoms with Gasteiger partial charge >= 0.3 is 6.03 Å². The molecule has 0 saturated carbocycles. The summed E-state index contributed by atoms with van der Waals surface area (Å²) in [6, 6.07) is 5.53. The largest absolute Gasteiger partial charge is 0.394 e. The Hall–Kier alpha value is -1.62. The lowest BCUT2D eigenvalue weighted by molar-refractivity contribution is 0.166. The number of hydrogen-bond acceptors (Lipinski definition) is 2. The number of hydrogen-bond donors (Lipinski definition) is 2. The van der Waals surface area contributed by atoms with Crippen LogP contribution < -0.4 is 5.32 Å². The summed E-state index contributed by atoms with van der Waals surface area (Å²) in [6.45, 7) is 0.552. The van der Waals surface area contributed by atoms with Crippen LogP contribution in [-0.4, -0.2) is 35.2 Å². The molecule has 0 radical (unpaired) electrons. The van der Waals surface area contributed by atoms with Crippen LogP contribution in [0, 0.1) is 5.82 Å². The Balaban J connectivity index is 2.04. The number of amides is 2. The second-order valence-corrected chi connectivity index (χ2v) is 4.08. The Morgan fingerprint density at radius 3 is 3.00 bits per heavy atom. The molecule has 1 aromatic carbocycles. The first-order valence-electron chi connectivity index (χ1n) is 5.65. The van der Waals surface area contributed by atoms with Crippen molar-refractivity contribution in [3.63, 3.8) is 0 Å². The van der Waals surface area contributed by atoms with E-state index in [0.717, 1.165) is 12.8 Å². The van der Waals surface area contributed by atoms with E-state index in [9.17, 15) is 9.18 Å². The van der Waals surface area contributed by atoms with Gasteiger partial charge in [0.25, 0.3) is 0 Å². The molecule has 0 spiro atoms. The molecular formula is C12H15FN2O2. The molecule has 2 amide bonds. The fraction of sp³-hybridized carbons (Fsp3) is 0.417. The average Bonchev–Trinajstić information content (AvgIpc) is 2.80. The first-order chi connectivity index (χ1) is 8.22. The molecular weight excluding hydrogens is 223 g/mol. The van der Waals surface area contributed by atoms with Crippen molar-refractivity contribution >= 4 is 11.7 Å². The fourth-order valence-corrected chi connectivity index (χ4v) is 2.04. The maximum atomic E-state index is 13.3. The van der Waals surface area contributed by atoms with Gasteiger partial charge in [-0.15, -0.1) is 0 Å². The van der Waals surface area contributed by atoms with Gasteiger partial charge in [0.05, 0.1) is 18.3 Å². The van der Waals surface area contributed by atoms with Crippen LogP contribution in [0.15, 0.2) is 24.3 Å².